The lowest BCUT2D eigenvalue weighted by Crippen LogP contribution is -2.39. The van der Waals surface area contributed by atoms with Gasteiger partial charge in [0.1, 0.15) is 11.6 Å². The Kier molecular flexibility index (Phi) is 10.8. The number of aromatic nitrogens is 3. The molecular weight excluding hydrogens is 495 g/mol. The number of thioether (sulfide) groups is 1. The van der Waals surface area contributed by atoms with Gasteiger partial charge in [-0.15, -0.1) is 45.9 Å². The molecular formula is C21H33IN6S. The second-order valence-electron chi connectivity index (χ2n) is 7.13. The summed E-state index contributed by atoms with van der Waals surface area (Å²) in [6, 6.07) is 10.5. The summed E-state index contributed by atoms with van der Waals surface area (Å²) in [5.74, 6) is 3.12. The van der Waals surface area contributed by atoms with Crippen LogP contribution in [0, 0.1) is 0 Å². The number of nitrogens with one attached hydrogen (secondary N) is 2. The molecule has 0 amide bonds. The predicted molar refractivity (Wildman–Crippen MR) is 132 cm³/mol. The van der Waals surface area contributed by atoms with Crippen molar-refractivity contribution in [2.45, 2.75) is 62.6 Å². The lowest BCUT2D eigenvalue weighted by atomic mass is 10.2. The van der Waals surface area contributed by atoms with Gasteiger partial charge in [0.15, 0.2) is 5.96 Å². The number of aryl methyl sites for hydroxylation is 1. The van der Waals surface area contributed by atoms with Crippen molar-refractivity contribution in [2.24, 2.45) is 4.99 Å². The van der Waals surface area contributed by atoms with Crippen molar-refractivity contribution in [3.8, 4) is 0 Å². The van der Waals surface area contributed by atoms with Gasteiger partial charge in [-0.3, -0.25) is 4.99 Å². The summed E-state index contributed by atoms with van der Waals surface area (Å²) < 4.78 is 2.32. The first kappa shape index (κ1) is 24.0. The molecule has 1 aromatic heterocycles. The lowest BCUT2D eigenvalue weighted by Gasteiger charge is -2.14. The first-order valence-corrected chi connectivity index (χ1v) is 11.3. The summed E-state index contributed by atoms with van der Waals surface area (Å²) in [7, 11) is 0. The van der Waals surface area contributed by atoms with Crippen LogP contribution in [-0.4, -0.2) is 45.6 Å². The third-order valence-electron chi connectivity index (χ3n) is 4.76. The maximum absolute atomic E-state index is 4.76. The average Bonchev–Trinajstić information content (AvgIpc) is 2.93. The molecule has 0 saturated heterocycles. The topological polar surface area (TPSA) is 67.1 Å². The fourth-order valence-electron chi connectivity index (χ4n) is 3.35. The molecule has 0 fully saturated rings. The molecule has 160 valence electrons. The van der Waals surface area contributed by atoms with E-state index in [2.05, 4.69) is 63.5 Å². The van der Waals surface area contributed by atoms with Crippen LogP contribution in [-0.2, 0) is 19.4 Å². The van der Waals surface area contributed by atoms with Gasteiger partial charge in [0.05, 0.1) is 6.54 Å². The zero-order chi connectivity index (χ0) is 19.6. The third-order valence-corrected chi connectivity index (χ3v) is 5.85. The smallest absolute Gasteiger partial charge is 0.191 e. The normalized spacial score (nSPS) is 15.0. The van der Waals surface area contributed by atoms with Gasteiger partial charge in [-0.1, -0.05) is 31.5 Å². The predicted octanol–water partition coefficient (Wildman–Crippen LogP) is 3.90. The molecule has 2 N–H and O–H groups in total. The molecule has 1 aromatic carbocycles. The largest absolute Gasteiger partial charge is 0.357 e. The van der Waals surface area contributed by atoms with E-state index in [1.807, 2.05) is 17.8 Å². The van der Waals surface area contributed by atoms with E-state index in [1.165, 1.54) is 24.2 Å². The first-order valence-electron chi connectivity index (χ1n) is 10.4. The number of guanidine groups is 1. The summed E-state index contributed by atoms with van der Waals surface area (Å²) in [5, 5.41) is 16.0. The Morgan fingerprint density at radius 1 is 1.17 bits per heavy atom. The van der Waals surface area contributed by atoms with Gasteiger partial charge < -0.3 is 15.2 Å². The van der Waals surface area contributed by atoms with Crippen LogP contribution in [0.2, 0.25) is 0 Å². The van der Waals surface area contributed by atoms with Crippen molar-refractivity contribution < 1.29 is 0 Å². The Balaban J connectivity index is 0.00000300. The maximum atomic E-state index is 4.76. The van der Waals surface area contributed by atoms with E-state index in [1.54, 1.807) is 0 Å². The average molecular weight is 529 g/mol. The van der Waals surface area contributed by atoms with Crippen molar-refractivity contribution in [1.29, 1.82) is 0 Å². The zero-order valence-corrected chi connectivity index (χ0v) is 20.6. The van der Waals surface area contributed by atoms with Crippen LogP contribution in [0.25, 0.3) is 0 Å². The highest BCUT2D eigenvalue weighted by Crippen LogP contribution is 2.22. The number of aliphatic imine (C=N–C) groups is 1. The van der Waals surface area contributed by atoms with E-state index in [0.717, 1.165) is 56.6 Å². The van der Waals surface area contributed by atoms with Gasteiger partial charge in [-0.25, -0.2) is 0 Å². The number of nitrogens with zero attached hydrogens (tertiary/aromatic N) is 4. The highest BCUT2D eigenvalue weighted by Gasteiger charge is 2.14. The monoisotopic (exact) mass is 528 g/mol. The standard InChI is InChI=1S/C21H32N6S.HI/c1-3-22-21(24-16-17(2)28-18-10-6-4-7-11-18)23-14-13-20-26-25-19-12-8-5-9-15-27(19)20;/h4,6-7,10-11,17H,3,5,8-9,12-16H2,1-2H3,(H2,22,23,24);1H. The number of benzene rings is 1. The van der Waals surface area contributed by atoms with Crippen molar-refractivity contribution in [2.75, 3.05) is 19.6 Å². The first-order chi connectivity index (χ1) is 13.8. The van der Waals surface area contributed by atoms with Crippen LogP contribution in [0.5, 0.6) is 0 Å². The Labute approximate surface area is 195 Å². The number of hydrogen-bond acceptors (Lipinski definition) is 4. The van der Waals surface area contributed by atoms with Crippen LogP contribution in [0.3, 0.4) is 0 Å². The van der Waals surface area contributed by atoms with Gasteiger partial charge in [0.25, 0.3) is 0 Å². The summed E-state index contributed by atoms with van der Waals surface area (Å²) in [6.45, 7) is 7.81. The molecule has 2 aromatic rings. The van der Waals surface area contributed by atoms with Crippen molar-refractivity contribution in [3.63, 3.8) is 0 Å². The minimum Gasteiger partial charge on any atom is -0.357 e. The quantitative estimate of drug-likeness (QED) is 0.236. The molecule has 0 aliphatic carbocycles. The van der Waals surface area contributed by atoms with Gasteiger partial charge in [0.2, 0.25) is 0 Å². The fourth-order valence-corrected chi connectivity index (χ4v) is 4.28. The van der Waals surface area contributed by atoms with Crippen LogP contribution in [0.15, 0.2) is 40.2 Å². The van der Waals surface area contributed by atoms with Gasteiger partial charge in [0, 0.05) is 42.6 Å². The van der Waals surface area contributed by atoms with E-state index in [0.29, 0.717) is 5.25 Å². The lowest BCUT2D eigenvalue weighted by molar-refractivity contribution is 0.600. The Hall–Kier alpha value is -1.29. The third kappa shape index (κ3) is 7.81. The molecule has 1 unspecified atom stereocenters. The van der Waals surface area contributed by atoms with Crippen molar-refractivity contribution in [1.82, 2.24) is 25.4 Å². The summed E-state index contributed by atoms with van der Waals surface area (Å²) in [6.07, 6.45) is 5.67. The fraction of sp³-hybridized carbons (Fsp3) is 0.571. The Morgan fingerprint density at radius 3 is 2.79 bits per heavy atom. The summed E-state index contributed by atoms with van der Waals surface area (Å²) in [4.78, 5) is 6.05. The van der Waals surface area contributed by atoms with E-state index in [4.69, 9.17) is 4.99 Å². The van der Waals surface area contributed by atoms with Crippen LogP contribution in [0.4, 0.5) is 0 Å². The zero-order valence-electron chi connectivity index (χ0n) is 17.4. The number of hydrogen-bond donors (Lipinski definition) is 2. The van der Waals surface area contributed by atoms with E-state index >= 15 is 0 Å². The van der Waals surface area contributed by atoms with Gasteiger partial charge in [-0.2, -0.15) is 0 Å². The van der Waals surface area contributed by atoms with E-state index in [-0.39, 0.29) is 24.0 Å². The van der Waals surface area contributed by atoms with Gasteiger partial charge in [-0.05, 0) is 31.9 Å². The van der Waals surface area contributed by atoms with Crippen LogP contribution in [0.1, 0.15) is 44.8 Å². The molecule has 6 nitrogen and oxygen atoms in total. The second-order valence-corrected chi connectivity index (χ2v) is 8.64. The van der Waals surface area contributed by atoms with E-state index < -0.39 is 0 Å². The minimum absolute atomic E-state index is 0. The maximum Gasteiger partial charge on any atom is 0.191 e. The van der Waals surface area contributed by atoms with Crippen molar-refractivity contribution >= 4 is 41.7 Å². The summed E-state index contributed by atoms with van der Waals surface area (Å²) >= 11 is 1.86. The SMILES string of the molecule is CCNC(=NCC(C)Sc1ccccc1)NCCc1nnc2n1CCCCC2.I. The number of rotatable bonds is 8. The Bertz CT molecular complexity index is 749. The number of fused-ring (bicyclic) bond motifs is 1. The molecule has 0 radical (unpaired) electrons. The summed E-state index contributed by atoms with van der Waals surface area (Å²) in [5.41, 5.74) is 0. The van der Waals surface area contributed by atoms with Crippen molar-refractivity contribution in [3.05, 3.63) is 42.0 Å². The molecule has 0 bridgehead atoms. The number of halogens is 1. The molecule has 29 heavy (non-hydrogen) atoms. The van der Waals surface area contributed by atoms with Crippen LogP contribution < -0.4 is 10.6 Å². The highest BCUT2D eigenvalue weighted by atomic mass is 127. The molecule has 1 aliphatic rings. The molecule has 8 heteroatoms. The minimum atomic E-state index is 0. The molecule has 1 atom stereocenters. The molecule has 0 saturated carbocycles. The highest BCUT2D eigenvalue weighted by molar-refractivity contribution is 14.0. The molecule has 1 aliphatic heterocycles. The Morgan fingerprint density at radius 2 is 2.00 bits per heavy atom. The molecule has 2 heterocycles. The van der Waals surface area contributed by atoms with E-state index in [9.17, 15) is 0 Å². The second kappa shape index (κ2) is 13.1. The molecule has 0 spiro atoms. The molecule has 3 rings (SSSR count). The van der Waals surface area contributed by atoms with Crippen LogP contribution >= 0.6 is 35.7 Å². The van der Waals surface area contributed by atoms with Gasteiger partial charge >= 0.3 is 0 Å².